The monoisotopic (exact) mass is 267 g/mol. The van der Waals surface area contributed by atoms with E-state index in [0.717, 1.165) is 10.6 Å². The Hall–Kier alpha value is -1.32. The Balaban J connectivity index is 2.08. The predicted octanol–water partition coefficient (Wildman–Crippen LogP) is 3.96. The van der Waals surface area contributed by atoms with E-state index in [9.17, 15) is 0 Å². The molecule has 5 heteroatoms. The SMILES string of the molecule is CC(Nc1ccc(Cl)nn1)c1ccc(Cl)cc1. The van der Waals surface area contributed by atoms with Crippen molar-refractivity contribution < 1.29 is 0 Å². The first-order valence-corrected chi connectivity index (χ1v) is 5.92. The van der Waals surface area contributed by atoms with Gasteiger partial charge in [-0.25, -0.2) is 0 Å². The average molecular weight is 268 g/mol. The van der Waals surface area contributed by atoms with Gasteiger partial charge in [0.1, 0.15) is 5.82 Å². The number of rotatable bonds is 3. The number of halogens is 2. The van der Waals surface area contributed by atoms with E-state index in [1.165, 1.54) is 0 Å². The molecule has 1 atom stereocenters. The molecule has 0 amide bonds. The zero-order chi connectivity index (χ0) is 12.3. The lowest BCUT2D eigenvalue weighted by Gasteiger charge is -2.14. The maximum Gasteiger partial charge on any atom is 0.151 e. The fraction of sp³-hybridized carbons (Fsp3) is 0.167. The number of benzene rings is 1. The van der Waals surface area contributed by atoms with Gasteiger partial charge in [-0.15, -0.1) is 10.2 Å². The molecule has 0 aliphatic rings. The smallest absolute Gasteiger partial charge is 0.151 e. The molecule has 2 rings (SSSR count). The molecule has 1 aromatic carbocycles. The van der Waals surface area contributed by atoms with E-state index in [2.05, 4.69) is 15.5 Å². The summed E-state index contributed by atoms with van der Waals surface area (Å²) in [6.45, 7) is 2.04. The maximum absolute atomic E-state index is 5.84. The van der Waals surface area contributed by atoms with Crippen molar-refractivity contribution in [3.63, 3.8) is 0 Å². The third-order valence-electron chi connectivity index (χ3n) is 2.37. The number of hydrogen-bond acceptors (Lipinski definition) is 3. The molecule has 1 aromatic heterocycles. The minimum atomic E-state index is 0.128. The molecule has 0 aliphatic heterocycles. The lowest BCUT2D eigenvalue weighted by molar-refractivity contribution is 0.861. The van der Waals surface area contributed by atoms with Gasteiger partial charge in [0.15, 0.2) is 5.15 Å². The van der Waals surface area contributed by atoms with Crippen molar-refractivity contribution >= 4 is 29.0 Å². The van der Waals surface area contributed by atoms with Crippen molar-refractivity contribution in [2.24, 2.45) is 0 Å². The highest BCUT2D eigenvalue weighted by Gasteiger charge is 2.06. The minimum absolute atomic E-state index is 0.128. The first kappa shape index (κ1) is 12.1. The first-order chi connectivity index (χ1) is 8.15. The Bertz CT molecular complexity index is 482. The number of aromatic nitrogens is 2. The summed E-state index contributed by atoms with van der Waals surface area (Å²) >= 11 is 11.5. The van der Waals surface area contributed by atoms with Gasteiger partial charge in [0.05, 0.1) is 6.04 Å². The van der Waals surface area contributed by atoms with E-state index in [1.807, 2.05) is 31.2 Å². The molecule has 0 radical (unpaired) electrons. The molecule has 0 bridgehead atoms. The molecule has 88 valence electrons. The van der Waals surface area contributed by atoms with Crippen LogP contribution in [0.2, 0.25) is 10.2 Å². The summed E-state index contributed by atoms with van der Waals surface area (Å²) in [5.74, 6) is 0.692. The van der Waals surface area contributed by atoms with Crippen LogP contribution >= 0.6 is 23.2 Å². The third kappa shape index (κ3) is 3.32. The number of hydrogen-bond donors (Lipinski definition) is 1. The standard InChI is InChI=1S/C12H11Cl2N3/c1-8(9-2-4-10(13)5-3-9)15-12-7-6-11(14)16-17-12/h2-8H,1H3,(H,15,17). The molecule has 1 unspecified atom stereocenters. The van der Waals surface area contributed by atoms with E-state index < -0.39 is 0 Å². The van der Waals surface area contributed by atoms with Gasteiger partial charge in [-0.2, -0.15) is 0 Å². The average Bonchev–Trinajstić information content (AvgIpc) is 2.33. The van der Waals surface area contributed by atoms with Gasteiger partial charge in [0.25, 0.3) is 0 Å². The highest BCUT2D eigenvalue weighted by atomic mass is 35.5. The normalized spacial score (nSPS) is 12.2. The van der Waals surface area contributed by atoms with Gasteiger partial charge < -0.3 is 5.32 Å². The molecule has 0 saturated heterocycles. The molecule has 0 spiro atoms. The summed E-state index contributed by atoms with van der Waals surface area (Å²) < 4.78 is 0. The number of nitrogens with one attached hydrogen (secondary N) is 1. The van der Waals surface area contributed by atoms with Gasteiger partial charge in [0.2, 0.25) is 0 Å². The van der Waals surface area contributed by atoms with Crippen molar-refractivity contribution in [2.75, 3.05) is 5.32 Å². The minimum Gasteiger partial charge on any atom is -0.362 e. The van der Waals surface area contributed by atoms with Gasteiger partial charge in [-0.05, 0) is 36.8 Å². The van der Waals surface area contributed by atoms with E-state index in [4.69, 9.17) is 23.2 Å². The first-order valence-electron chi connectivity index (χ1n) is 5.16. The molecule has 2 aromatic rings. The van der Waals surface area contributed by atoms with Crippen LogP contribution in [0.4, 0.5) is 5.82 Å². The summed E-state index contributed by atoms with van der Waals surface area (Å²) in [6.07, 6.45) is 0. The Labute approximate surface area is 110 Å². The highest BCUT2D eigenvalue weighted by molar-refractivity contribution is 6.30. The zero-order valence-corrected chi connectivity index (χ0v) is 10.7. The summed E-state index contributed by atoms with van der Waals surface area (Å²) in [4.78, 5) is 0. The third-order valence-corrected chi connectivity index (χ3v) is 2.82. The van der Waals surface area contributed by atoms with Crippen LogP contribution in [-0.4, -0.2) is 10.2 Å². The second kappa shape index (κ2) is 5.34. The van der Waals surface area contributed by atoms with Gasteiger partial charge in [-0.3, -0.25) is 0 Å². The Morgan fingerprint density at radius 3 is 2.29 bits per heavy atom. The largest absolute Gasteiger partial charge is 0.362 e. The molecular formula is C12H11Cl2N3. The van der Waals surface area contributed by atoms with Crippen molar-refractivity contribution in [2.45, 2.75) is 13.0 Å². The lowest BCUT2D eigenvalue weighted by atomic mass is 10.1. The van der Waals surface area contributed by atoms with Crippen LogP contribution < -0.4 is 5.32 Å². The summed E-state index contributed by atoms with van der Waals surface area (Å²) in [6, 6.07) is 11.3. The number of anilines is 1. The maximum atomic E-state index is 5.84. The Morgan fingerprint density at radius 2 is 1.71 bits per heavy atom. The van der Waals surface area contributed by atoms with Crippen molar-refractivity contribution in [3.05, 3.63) is 52.1 Å². The molecule has 17 heavy (non-hydrogen) atoms. The van der Waals surface area contributed by atoms with Gasteiger partial charge in [-0.1, -0.05) is 35.3 Å². The summed E-state index contributed by atoms with van der Waals surface area (Å²) in [5.41, 5.74) is 1.13. The van der Waals surface area contributed by atoms with Crippen LogP contribution in [0, 0.1) is 0 Å². The Kier molecular flexibility index (Phi) is 3.82. The second-order valence-corrected chi connectivity index (χ2v) is 4.48. The topological polar surface area (TPSA) is 37.8 Å². The van der Waals surface area contributed by atoms with Crippen LogP contribution in [-0.2, 0) is 0 Å². The van der Waals surface area contributed by atoms with E-state index in [-0.39, 0.29) is 6.04 Å². The quantitative estimate of drug-likeness (QED) is 0.915. The van der Waals surface area contributed by atoms with Gasteiger partial charge in [0, 0.05) is 5.02 Å². The molecule has 1 heterocycles. The summed E-state index contributed by atoms with van der Waals surface area (Å²) in [5, 5.41) is 12.1. The highest BCUT2D eigenvalue weighted by Crippen LogP contribution is 2.19. The predicted molar refractivity (Wildman–Crippen MR) is 70.5 cm³/mol. The van der Waals surface area contributed by atoms with Crippen LogP contribution in [0.25, 0.3) is 0 Å². The van der Waals surface area contributed by atoms with E-state index in [0.29, 0.717) is 11.0 Å². The van der Waals surface area contributed by atoms with Crippen molar-refractivity contribution in [1.82, 2.24) is 10.2 Å². The lowest BCUT2D eigenvalue weighted by Crippen LogP contribution is -2.08. The van der Waals surface area contributed by atoms with E-state index in [1.54, 1.807) is 12.1 Å². The second-order valence-electron chi connectivity index (χ2n) is 3.66. The molecule has 1 N–H and O–H groups in total. The van der Waals surface area contributed by atoms with Crippen molar-refractivity contribution in [3.8, 4) is 0 Å². The fourth-order valence-electron chi connectivity index (χ4n) is 1.45. The molecular weight excluding hydrogens is 257 g/mol. The molecule has 0 saturated carbocycles. The zero-order valence-electron chi connectivity index (χ0n) is 9.19. The number of nitrogens with zero attached hydrogens (tertiary/aromatic N) is 2. The van der Waals surface area contributed by atoms with Gasteiger partial charge >= 0.3 is 0 Å². The summed E-state index contributed by atoms with van der Waals surface area (Å²) in [7, 11) is 0. The van der Waals surface area contributed by atoms with E-state index >= 15 is 0 Å². The van der Waals surface area contributed by atoms with Crippen molar-refractivity contribution in [1.29, 1.82) is 0 Å². The fourth-order valence-corrected chi connectivity index (χ4v) is 1.68. The van der Waals surface area contributed by atoms with Crippen LogP contribution in [0.15, 0.2) is 36.4 Å². The molecule has 3 nitrogen and oxygen atoms in total. The van der Waals surface area contributed by atoms with Crippen LogP contribution in [0.3, 0.4) is 0 Å². The molecule has 0 aliphatic carbocycles. The molecule has 0 fully saturated rings. The Morgan fingerprint density at radius 1 is 1.00 bits per heavy atom. The van der Waals surface area contributed by atoms with Crippen LogP contribution in [0.5, 0.6) is 0 Å². The van der Waals surface area contributed by atoms with Crippen LogP contribution in [0.1, 0.15) is 18.5 Å².